The van der Waals surface area contributed by atoms with E-state index in [9.17, 15) is 18.3 Å². The third kappa shape index (κ3) is 9.10. The van der Waals surface area contributed by atoms with E-state index in [0.717, 1.165) is 36.8 Å². The Labute approximate surface area is 323 Å². The highest BCUT2D eigenvalue weighted by molar-refractivity contribution is 8.01. The van der Waals surface area contributed by atoms with Crippen LogP contribution < -0.4 is 10.0 Å². The molecule has 1 fully saturated rings. The van der Waals surface area contributed by atoms with E-state index in [-0.39, 0.29) is 36.0 Å². The number of nitrogens with zero attached hydrogens (tertiary/aromatic N) is 1. The van der Waals surface area contributed by atoms with Gasteiger partial charge in [-0.1, -0.05) is 115 Å². The van der Waals surface area contributed by atoms with Gasteiger partial charge in [0.1, 0.15) is 6.04 Å². The Hall–Kier alpha value is -4.40. The molecule has 0 aliphatic carbocycles. The van der Waals surface area contributed by atoms with Gasteiger partial charge in [0.25, 0.3) is 0 Å². The smallest absolute Gasteiger partial charge is 0.242 e. The van der Waals surface area contributed by atoms with Crippen LogP contribution in [0.1, 0.15) is 47.1 Å². The molecule has 5 aromatic carbocycles. The van der Waals surface area contributed by atoms with Crippen LogP contribution in [0.4, 0.5) is 5.69 Å². The number of aryl methyl sites for hydroxylation is 1. The van der Waals surface area contributed by atoms with Crippen LogP contribution in [0.25, 0.3) is 10.2 Å². The number of hydrogen-bond acceptors (Lipinski definition) is 9. The molecule has 3 N–H and O–H groups in total. The van der Waals surface area contributed by atoms with Crippen molar-refractivity contribution in [3.05, 3.63) is 155 Å². The second-order valence-electron chi connectivity index (χ2n) is 13.4. The summed E-state index contributed by atoms with van der Waals surface area (Å²) >= 11 is 3.31. The van der Waals surface area contributed by atoms with Crippen LogP contribution in [0, 0.1) is 12.8 Å². The van der Waals surface area contributed by atoms with Crippen LogP contribution in [0.3, 0.4) is 0 Å². The van der Waals surface area contributed by atoms with Crippen molar-refractivity contribution in [3.63, 3.8) is 0 Å². The fraction of sp³-hybridized carbons (Fsp3) is 0.238. The normalized spacial score (nSPS) is 19.4. The summed E-state index contributed by atoms with van der Waals surface area (Å²) in [4.78, 5) is 18.8. The molecule has 0 radical (unpaired) electrons. The highest BCUT2D eigenvalue weighted by atomic mass is 32.2. The molecule has 0 spiro atoms. The maximum atomic E-state index is 13.9. The number of aliphatic hydroxyl groups excluding tert-OH is 1. The average molecular weight is 780 g/mol. The molecular weight excluding hydrogens is 739 g/mol. The molecule has 0 bridgehead atoms. The molecule has 1 aliphatic rings. The molecule has 9 nitrogen and oxygen atoms in total. The lowest BCUT2D eigenvalue weighted by molar-refractivity contribution is -0.268. The number of aromatic nitrogens is 1. The predicted molar refractivity (Wildman–Crippen MR) is 214 cm³/mol. The van der Waals surface area contributed by atoms with E-state index in [2.05, 4.69) is 23.0 Å². The highest BCUT2D eigenvalue weighted by Crippen LogP contribution is 2.44. The fourth-order valence-corrected chi connectivity index (χ4v) is 9.83. The third-order valence-corrected chi connectivity index (χ3v) is 13.2. The molecule has 1 saturated heterocycles. The van der Waals surface area contributed by atoms with E-state index >= 15 is 0 Å². The Kier molecular flexibility index (Phi) is 11.9. The van der Waals surface area contributed by atoms with Gasteiger partial charge in [0.15, 0.2) is 10.6 Å². The molecule has 5 atom stereocenters. The van der Waals surface area contributed by atoms with Crippen LogP contribution in [-0.4, -0.2) is 42.3 Å². The Balaban J connectivity index is 1.12. The van der Waals surface area contributed by atoms with Gasteiger partial charge in [-0.2, -0.15) is 4.72 Å². The first-order valence-corrected chi connectivity index (χ1v) is 21.0. The van der Waals surface area contributed by atoms with E-state index in [4.69, 9.17) is 14.5 Å². The minimum atomic E-state index is -4.01. The Morgan fingerprint density at radius 3 is 2.35 bits per heavy atom. The quantitative estimate of drug-likeness (QED) is 0.100. The van der Waals surface area contributed by atoms with E-state index in [1.807, 2.05) is 91.9 Å². The molecule has 1 aliphatic heterocycles. The maximum absolute atomic E-state index is 13.9. The fourth-order valence-electron chi connectivity index (χ4n) is 6.38. The van der Waals surface area contributed by atoms with Gasteiger partial charge in [0.05, 0.1) is 33.9 Å². The number of hydrogen-bond donors (Lipinski definition) is 3. The molecule has 12 heteroatoms. The zero-order valence-electron chi connectivity index (χ0n) is 29.8. The van der Waals surface area contributed by atoms with Crippen LogP contribution >= 0.6 is 23.1 Å². The number of fused-ring (bicyclic) bond motifs is 1. The summed E-state index contributed by atoms with van der Waals surface area (Å²) in [5.74, 6) is 0.120. The van der Waals surface area contributed by atoms with Crippen LogP contribution in [-0.2, 0) is 37.3 Å². The van der Waals surface area contributed by atoms with Crippen LogP contribution in [0.5, 0.6) is 0 Å². The lowest BCUT2D eigenvalue weighted by Gasteiger charge is -2.41. The summed E-state index contributed by atoms with van der Waals surface area (Å²) in [7, 11) is -4.01. The lowest BCUT2D eigenvalue weighted by Crippen LogP contribution is -2.45. The van der Waals surface area contributed by atoms with Gasteiger partial charge in [0, 0.05) is 22.9 Å². The minimum Gasteiger partial charge on any atom is -0.392 e. The molecule has 7 rings (SSSR count). The highest BCUT2D eigenvalue weighted by Gasteiger charge is 2.39. The maximum Gasteiger partial charge on any atom is 0.242 e. The van der Waals surface area contributed by atoms with Gasteiger partial charge in [-0.05, 0) is 66.4 Å². The minimum absolute atomic E-state index is 0.0220. The molecule has 1 amide bonds. The van der Waals surface area contributed by atoms with Crippen molar-refractivity contribution >= 4 is 54.9 Å². The van der Waals surface area contributed by atoms with E-state index in [1.54, 1.807) is 47.4 Å². The topological polar surface area (TPSA) is 127 Å². The summed E-state index contributed by atoms with van der Waals surface area (Å²) in [6.45, 7) is 3.95. The van der Waals surface area contributed by atoms with Gasteiger partial charge < -0.3 is 19.9 Å². The number of nitrogens with one attached hydrogen (secondary N) is 2. The monoisotopic (exact) mass is 779 g/mol. The third-order valence-electron chi connectivity index (χ3n) is 9.42. The number of thiazole rings is 1. The largest absolute Gasteiger partial charge is 0.392 e. The van der Waals surface area contributed by atoms with E-state index < -0.39 is 28.3 Å². The molecule has 0 unspecified atom stereocenters. The first-order valence-electron chi connectivity index (χ1n) is 17.7. The standard InChI is InChI=1S/C42H41N3O6S3/c1-27-15-21-34(22-16-27)54(48,49)45-36(23-29-9-4-3-5-10-29)40(47)43-33-12-8-11-32(24-33)41-50-37(26-52-42-44-35-13-6-7-14-38(35)53-42)28(2)39(51-41)31-19-17-30(25-46)18-20-31/h3-22,24,28,36-37,39,41,45-46H,23,25-26H2,1-2H3,(H,43,47)/t28-,36-,37+,39+,41+/m1/s1. The van der Waals surface area contributed by atoms with Crippen molar-refractivity contribution in [1.29, 1.82) is 0 Å². The van der Waals surface area contributed by atoms with Crippen molar-refractivity contribution in [2.45, 2.75) is 60.7 Å². The number of sulfonamides is 1. The van der Waals surface area contributed by atoms with Crippen LogP contribution in [0.2, 0.25) is 0 Å². The number of rotatable bonds is 13. The molecular formula is C42H41N3O6S3. The number of thioether (sulfide) groups is 1. The van der Waals surface area contributed by atoms with Crippen molar-refractivity contribution in [2.75, 3.05) is 11.1 Å². The zero-order chi connectivity index (χ0) is 37.7. The van der Waals surface area contributed by atoms with Crippen LogP contribution in [0.15, 0.2) is 137 Å². The Morgan fingerprint density at radius 1 is 0.870 bits per heavy atom. The first kappa shape index (κ1) is 37.9. The average Bonchev–Trinajstić information content (AvgIpc) is 3.61. The first-order chi connectivity index (χ1) is 26.1. The van der Waals surface area contributed by atoms with Gasteiger partial charge in [-0.25, -0.2) is 13.4 Å². The second-order valence-corrected chi connectivity index (χ2v) is 17.4. The number of anilines is 1. The van der Waals surface area contributed by atoms with Crippen molar-refractivity contribution in [2.24, 2.45) is 5.92 Å². The summed E-state index contributed by atoms with van der Waals surface area (Å²) in [6, 6.07) is 37.8. The van der Waals surface area contributed by atoms with Gasteiger partial charge in [0.2, 0.25) is 15.9 Å². The number of benzene rings is 5. The molecule has 0 saturated carbocycles. The molecule has 6 aromatic rings. The van der Waals surface area contributed by atoms with Crippen molar-refractivity contribution in [1.82, 2.24) is 9.71 Å². The van der Waals surface area contributed by atoms with E-state index in [0.29, 0.717) is 17.0 Å². The molecule has 54 heavy (non-hydrogen) atoms. The summed E-state index contributed by atoms with van der Waals surface area (Å²) in [5.41, 5.74) is 5.66. The summed E-state index contributed by atoms with van der Waals surface area (Å²) in [6.07, 6.45) is -1.15. The Morgan fingerprint density at radius 2 is 1.61 bits per heavy atom. The van der Waals surface area contributed by atoms with Crippen molar-refractivity contribution < 1.29 is 27.8 Å². The number of ether oxygens (including phenoxy) is 2. The lowest BCUT2D eigenvalue weighted by atomic mass is 9.91. The number of aliphatic hydroxyl groups is 1. The predicted octanol–water partition coefficient (Wildman–Crippen LogP) is 8.21. The van der Waals surface area contributed by atoms with Gasteiger partial charge in [-0.15, -0.1) is 11.3 Å². The van der Waals surface area contributed by atoms with Crippen molar-refractivity contribution in [3.8, 4) is 0 Å². The van der Waals surface area contributed by atoms with Gasteiger partial charge >= 0.3 is 0 Å². The SMILES string of the molecule is Cc1ccc(S(=O)(=O)N[C@H](Cc2ccccc2)C(=O)Nc2cccc([C@H]3O[C@@H](CSc4nc5ccccc5s4)[C@@H](C)[C@@H](c4ccc(CO)cc4)O3)c2)cc1. The summed E-state index contributed by atoms with van der Waals surface area (Å²) in [5, 5.41) is 12.6. The summed E-state index contributed by atoms with van der Waals surface area (Å²) < 4.78 is 45.0. The van der Waals surface area contributed by atoms with E-state index in [1.165, 1.54) is 12.1 Å². The second kappa shape index (κ2) is 17.0. The number of amides is 1. The zero-order valence-corrected chi connectivity index (χ0v) is 32.2. The molecule has 1 aromatic heterocycles. The molecule has 278 valence electrons. The molecule has 2 heterocycles. The number of carbonyl (C=O) groups is 1. The number of para-hydroxylation sites is 1. The Bertz CT molecular complexity index is 2270. The number of carbonyl (C=O) groups excluding carboxylic acids is 1. The van der Waals surface area contributed by atoms with Gasteiger partial charge in [-0.3, -0.25) is 4.79 Å².